The van der Waals surface area contributed by atoms with Crippen LogP contribution in [-0.2, 0) is 11.2 Å². The molecule has 2 nitrogen and oxygen atoms in total. The van der Waals surface area contributed by atoms with E-state index < -0.39 is 0 Å². The summed E-state index contributed by atoms with van der Waals surface area (Å²) in [6, 6.07) is 4.67. The molecule has 1 aromatic carbocycles. The van der Waals surface area contributed by atoms with Gasteiger partial charge in [0, 0.05) is 19.3 Å². The van der Waals surface area contributed by atoms with E-state index in [4.69, 9.17) is 10.5 Å². The molecule has 0 saturated heterocycles. The van der Waals surface area contributed by atoms with Gasteiger partial charge in [-0.25, -0.2) is 0 Å². The van der Waals surface area contributed by atoms with Crippen LogP contribution in [0.25, 0.3) is 0 Å². The predicted octanol–water partition coefficient (Wildman–Crippen LogP) is 3.30. The van der Waals surface area contributed by atoms with E-state index in [0.29, 0.717) is 0 Å². The molecule has 0 spiro atoms. The Morgan fingerprint density at radius 2 is 1.72 bits per heavy atom. The average molecular weight is 249 g/mol. The number of rotatable bonds is 7. The first-order valence-corrected chi connectivity index (χ1v) is 6.94. The zero-order valence-electron chi connectivity index (χ0n) is 12.3. The molecule has 0 aliphatic heterocycles. The number of ether oxygens (including phenoxy) is 1. The fraction of sp³-hybridized carbons (Fsp3) is 0.625. The largest absolute Gasteiger partial charge is 0.381 e. The summed E-state index contributed by atoms with van der Waals surface area (Å²) in [6.07, 6.45) is 2.96. The first kappa shape index (κ1) is 15.2. The second-order valence-electron chi connectivity index (χ2n) is 5.24. The lowest BCUT2D eigenvalue weighted by atomic mass is 9.94. The molecule has 102 valence electrons. The van der Waals surface area contributed by atoms with Gasteiger partial charge in [0.1, 0.15) is 0 Å². The standard InChI is InChI=1S/C16H27NO/c1-5-7-18-8-6-15(17)11-16-13(3)9-12(2)10-14(16)4/h9-10,15H,5-8,11,17H2,1-4H3. The molecule has 1 unspecified atom stereocenters. The van der Waals surface area contributed by atoms with Crippen LogP contribution in [0.2, 0.25) is 0 Å². The smallest absolute Gasteiger partial charge is 0.0480 e. The van der Waals surface area contributed by atoms with E-state index in [1.165, 1.54) is 22.3 Å². The average Bonchev–Trinajstić information content (AvgIpc) is 2.29. The molecule has 0 fully saturated rings. The van der Waals surface area contributed by atoms with Gasteiger partial charge in [-0.1, -0.05) is 24.6 Å². The maximum Gasteiger partial charge on any atom is 0.0480 e. The zero-order valence-corrected chi connectivity index (χ0v) is 12.3. The minimum absolute atomic E-state index is 0.196. The van der Waals surface area contributed by atoms with Gasteiger partial charge in [-0.15, -0.1) is 0 Å². The molecule has 0 aliphatic rings. The minimum atomic E-state index is 0.196. The van der Waals surface area contributed by atoms with Crippen molar-refractivity contribution in [1.29, 1.82) is 0 Å². The van der Waals surface area contributed by atoms with Crippen molar-refractivity contribution in [1.82, 2.24) is 0 Å². The van der Waals surface area contributed by atoms with Crippen molar-refractivity contribution in [3.63, 3.8) is 0 Å². The SMILES string of the molecule is CCCOCCC(N)Cc1c(C)cc(C)cc1C. The van der Waals surface area contributed by atoms with Gasteiger partial charge in [0.15, 0.2) is 0 Å². The van der Waals surface area contributed by atoms with Crippen molar-refractivity contribution in [2.75, 3.05) is 13.2 Å². The molecule has 0 aliphatic carbocycles. The molecule has 0 amide bonds. The van der Waals surface area contributed by atoms with Gasteiger partial charge >= 0.3 is 0 Å². The second-order valence-corrected chi connectivity index (χ2v) is 5.24. The number of benzene rings is 1. The fourth-order valence-electron chi connectivity index (χ4n) is 2.38. The summed E-state index contributed by atoms with van der Waals surface area (Å²) in [5.74, 6) is 0. The fourth-order valence-corrected chi connectivity index (χ4v) is 2.38. The van der Waals surface area contributed by atoms with Gasteiger partial charge in [0.25, 0.3) is 0 Å². The van der Waals surface area contributed by atoms with Crippen LogP contribution in [0.1, 0.15) is 42.0 Å². The Labute approximate surface area is 112 Å². The first-order chi connectivity index (χ1) is 8.54. The maximum atomic E-state index is 6.18. The van der Waals surface area contributed by atoms with Gasteiger partial charge in [-0.2, -0.15) is 0 Å². The van der Waals surface area contributed by atoms with Crippen LogP contribution in [0, 0.1) is 20.8 Å². The summed E-state index contributed by atoms with van der Waals surface area (Å²) in [7, 11) is 0. The molecule has 1 aromatic rings. The normalized spacial score (nSPS) is 12.7. The van der Waals surface area contributed by atoms with Crippen molar-refractivity contribution in [3.8, 4) is 0 Å². The van der Waals surface area contributed by atoms with Crippen LogP contribution >= 0.6 is 0 Å². The Balaban J connectivity index is 2.51. The van der Waals surface area contributed by atoms with Crippen LogP contribution < -0.4 is 5.73 Å². The Morgan fingerprint density at radius 1 is 1.11 bits per heavy atom. The quantitative estimate of drug-likeness (QED) is 0.753. The van der Waals surface area contributed by atoms with Gasteiger partial charge in [-0.05, 0) is 56.7 Å². The monoisotopic (exact) mass is 249 g/mol. The lowest BCUT2D eigenvalue weighted by Crippen LogP contribution is -2.25. The second kappa shape index (κ2) is 7.55. The van der Waals surface area contributed by atoms with Crippen molar-refractivity contribution in [2.24, 2.45) is 5.73 Å². The summed E-state index contributed by atoms with van der Waals surface area (Å²) >= 11 is 0. The van der Waals surface area contributed by atoms with Gasteiger partial charge in [0.2, 0.25) is 0 Å². The summed E-state index contributed by atoms with van der Waals surface area (Å²) in [4.78, 5) is 0. The van der Waals surface area contributed by atoms with Gasteiger partial charge in [0.05, 0.1) is 0 Å². The number of hydrogen-bond donors (Lipinski definition) is 1. The van der Waals surface area contributed by atoms with Crippen LogP contribution in [0.4, 0.5) is 0 Å². The summed E-state index contributed by atoms with van der Waals surface area (Å²) in [5, 5.41) is 0. The molecule has 0 aromatic heterocycles. The minimum Gasteiger partial charge on any atom is -0.381 e. The van der Waals surface area contributed by atoms with E-state index >= 15 is 0 Å². The maximum absolute atomic E-state index is 6.18. The van der Waals surface area contributed by atoms with Gasteiger partial charge in [-0.3, -0.25) is 0 Å². The molecule has 18 heavy (non-hydrogen) atoms. The molecule has 0 radical (unpaired) electrons. The van der Waals surface area contributed by atoms with E-state index in [1.54, 1.807) is 0 Å². The molecule has 1 rings (SSSR count). The van der Waals surface area contributed by atoms with E-state index in [2.05, 4.69) is 39.8 Å². The van der Waals surface area contributed by atoms with E-state index in [9.17, 15) is 0 Å². The van der Waals surface area contributed by atoms with E-state index in [0.717, 1.165) is 32.5 Å². The lowest BCUT2D eigenvalue weighted by Gasteiger charge is -2.16. The number of nitrogens with two attached hydrogens (primary N) is 1. The molecule has 2 N–H and O–H groups in total. The van der Waals surface area contributed by atoms with Gasteiger partial charge < -0.3 is 10.5 Å². The summed E-state index contributed by atoms with van der Waals surface area (Å²) < 4.78 is 5.49. The predicted molar refractivity (Wildman–Crippen MR) is 78.1 cm³/mol. The third-order valence-corrected chi connectivity index (χ3v) is 3.29. The molecular weight excluding hydrogens is 222 g/mol. The van der Waals surface area contributed by atoms with Crippen LogP contribution in [0.5, 0.6) is 0 Å². The zero-order chi connectivity index (χ0) is 13.5. The van der Waals surface area contributed by atoms with Crippen LogP contribution in [-0.4, -0.2) is 19.3 Å². The Kier molecular flexibility index (Phi) is 6.37. The molecule has 0 bridgehead atoms. The Bertz CT molecular complexity index is 350. The highest BCUT2D eigenvalue weighted by molar-refractivity contribution is 5.37. The van der Waals surface area contributed by atoms with E-state index in [1.807, 2.05) is 0 Å². The molecule has 0 saturated carbocycles. The van der Waals surface area contributed by atoms with Crippen molar-refractivity contribution >= 4 is 0 Å². The Morgan fingerprint density at radius 3 is 2.28 bits per heavy atom. The summed E-state index contributed by atoms with van der Waals surface area (Å²) in [5.41, 5.74) is 11.6. The third-order valence-electron chi connectivity index (χ3n) is 3.29. The lowest BCUT2D eigenvalue weighted by molar-refractivity contribution is 0.127. The molecule has 2 heteroatoms. The highest BCUT2D eigenvalue weighted by Gasteiger charge is 2.09. The molecule has 0 heterocycles. The number of hydrogen-bond acceptors (Lipinski definition) is 2. The van der Waals surface area contributed by atoms with Crippen molar-refractivity contribution in [3.05, 3.63) is 34.4 Å². The third kappa shape index (κ3) is 4.79. The van der Waals surface area contributed by atoms with Crippen LogP contribution in [0.3, 0.4) is 0 Å². The van der Waals surface area contributed by atoms with E-state index in [-0.39, 0.29) is 6.04 Å². The van der Waals surface area contributed by atoms with Crippen molar-refractivity contribution in [2.45, 2.75) is 53.0 Å². The molecular formula is C16H27NO. The molecule has 1 atom stereocenters. The Hall–Kier alpha value is -0.860. The first-order valence-electron chi connectivity index (χ1n) is 6.94. The highest BCUT2D eigenvalue weighted by Crippen LogP contribution is 2.18. The van der Waals surface area contributed by atoms with Crippen molar-refractivity contribution < 1.29 is 4.74 Å². The highest BCUT2D eigenvalue weighted by atomic mass is 16.5. The van der Waals surface area contributed by atoms with Crippen LogP contribution in [0.15, 0.2) is 12.1 Å². The summed E-state index contributed by atoms with van der Waals surface area (Å²) in [6.45, 7) is 10.2. The number of aryl methyl sites for hydroxylation is 3. The topological polar surface area (TPSA) is 35.2 Å².